The van der Waals surface area contributed by atoms with Gasteiger partial charge in [0.05, 0.1) is 23.4 Å². The molecule has 0 saturated heterocycles. The van der Waals surface area contributed by atoms with Crippen molar-refractivity contribution in [1.82, 2.24) is 4.90 Å². The van der Waals surface area contributed by atoms with E-state index in [1.54, 1.807) is 24.3 Å². The first kappa shape index (κ1) is 18.7. The molecule has 6 nitrogen and oxygen atoms in total. The normalized spacial score (nSPS) is 17.2. The van der Waals surface area contributed by atoms with E-state index in [0.29, 0.717) is 11.3 Å². The Bertz CT molecular complexity index is 994. The van der Waals surface area contributed by atoms with Crippen molar-refractivity contribution in [2.45, 2.75) is 12.6 Å². The molecule has 3 rings (SSSR count). The molecule has 0 bridgehead atoms. The predicted molar refractivity (Wildman–Crippen MR) is 100 cm³/mol. The topological polar surface area (TPSA) is 87.5 Å². The third kappa shape index (κ3) is 4.96. The van der Waals surface area contributed by atoms with Crippen LogP contribution in [0.2, 0.25) is 0 Å². The smallest absolute Gasteiger partial charge is 0.261 e. The number of rotatable bonds is 6. The third-order valence-corrected chi connectivity index (χ3v) is 5.53. The average Bonchev–Trinajstić information content (AvgIpc) is 3.04. The molecular weight excluding hydrogens is 364 g/mol. The molecule has 1 aliphatic rings. The Kier molecular flexibility index (Phi) is 5.57. The lowest BCUT2D eigenvalue weighted by Gasteiger charge is -2.27. The van der Waals surface area contributed by atoms with E-state index in [0.717, 1.165) is 11.0 Å². The minimum absolute atomic E-state index is 0.129. The summed E-state index contributed by atoms with van der Waals surface area (Å²) in [4.78, 5) is 14.3. The van der Waals surface area contributed by atoms with Gasteiger partial charge in [-0.05, 0) is 29.8 Å². The number of hydrogen-bond donors (Lipinski definition) is 0. The Morgan fingerprint density at radius 1 is 1.19 bits per heavy atom. The highest BCUT2D eigenvalue weighted by Crippen LogP contribution is 2.19. The molecule has 0 spiro atoms. The fraction of sp³-hybridized carbons (Fsp3) is 0.200. The minimum atomic E-state index is -3.29. The summed E-state index contributed by atoms with van der Waals surface area (Å²) in [6, 6.07) is 17.4. The highest BCUT2D eigenvalue weighted by molar-refractivity contribution is 7.94. The summed E-state index contributed by atoms with van der Waals surface area (Å²) in [5.74, 6) is -0.0419. The van der Waals surface area contributed by atoms with Crippen LogP contribution in [0, 0.1) is 11.3 Å². The molecule has 0 aromatic heterocycles. The second-order valence-corrected chi connectivity index (χ2v) is 8.09. The van der Waals surface area contributed by atoms with Crippen molar-refractivity contribution in [2.75, 3.05) is 12.4 Å². The Labute approximate surface area is 158 Å². The van der Waals surface area contributed by atoms with Crippen molar-refractivity contribution in [3.8, 4) is 11.8 Å². The SMILES string of the molecule is N#Cc1cccc(OCC(=O)N(Cc2ccccc2)[C@H]2C=CS(=O)(=O)C2)c1. The standard InChI is InChI=1S/C20H18N2O4S/c21-12-17-7-4-8-19(11-17)26-14-20(23)22(13-16-5-2-1-3-6-16)18-9-10-27(24,25)15-18/h1-11,18H,13-15H2/t18-/m0/s1. The average molecular weight is 382 g/mol. The third-order valence-electron chi connectivity index (χ3n) is 4.15. The fourth-order valence-corrected chi connectivity index (χ4v) is 4.11. The second-order valence-electron chi connectivity index (χ2n) is 6.16. The lowest BCUT2D eigenvalue weighted by atomic mass is 10.2. The van der Waals surface area contributed by atoms with Crippen molar-refractivity contribution in [2.24, 2.45) is 0 Å². The van der Waals surface area contributed by atoms with E-state index in [4.69, 9.17) is 10.00 Å². The van der Waals surface area contributed by atoms with Gasteiger partial charge in [-0.15, -0.1) is 0 Å². The number of nitrogens with zero attached hydrogens (tertiary/aromatic N) is 2. The summed E-state index contributed by atoms with van der Waals surface area (Å²) < 4.78 is 29.1. The van der Waals surface area contributed by atoms with Gasteiger partial charge < -0.3 is 9.64 Å². The van der Waals surface area contributed by atoms with Gasteiger partial charge in [-0.1, -0.05) is 36.4 Å². The number of sulfone groups is 1. The van der Waals surface area contributed by atoms with E-state index < -0.39 is 15.9 Å². The fourth-order valence-electron chi connectivity index (χ4n) is 2.81. The molecule has 1 amide bonds. The van der Waals surface area contributed by atoms with Crippen LogP contribution in [0.1, 0.15) is 11.1 Å². The molecule has 0 fully saturated rings. The molecule has 1 aliphatic heterocycles. The van der Waals surface area contributed by atoms with Crippen LogP contribution in [0.15, 0.2) is 66.1 Å². The van der Waals surface area contributed by atoms with E-state index in [1.165, 1.54) is 11.0 Å². The lowest BCUT2D eigenvalue weighted by Crippen LogP contribution is -2.42. The molecule has 0 saturated carbocycles. The van der Waals surface area contributed by atoms with Gasteiger partial charge in [0.1, 0.15) is 5.75 Å². The van der Waals surface area contributed by atoms with E-state index in [9.17, 15) is 13.2 Å². The quantitative estimate of drug-likeness (QED) is 0.765. The molecule has 0 radical (unpaired) electrons. The summed E-state index contributed by atoms with van der Waals surface area (Å²) in [5, 5.41) is 10.1. The van der Waals surface area contributed by atoms with Crippen molar-refractivity contribution in [3.05, 3.63) is 77.2 Å². The number of ether oxygens (including phenoxy) is 1. The van der Waals surface area contributed by atoms with Gasteiger partial charge in [0.25, 0.3) is 5.91 Å². The maximum absolute atomic E-state index is 12.8. The zero-order chi connectivity index (χ0) is 19.3. The monoisotopic (exact) mass is 382 g/mol. The Balaban J connectivity index is 1.74. The van der Waals surface area contributed by atoms with Gasteiger partial charge in [-0.3, -0.25) is 4.79 Å². The number of benzene rings is 2. The molecule has 27 heavy (non-hydrogen) atoms. The number of carbonyl (C=O) groups excluding carboxylic acids is 1. The van der Waals surface area contributed by atoms with Crippen LogP contribution in [-0.4, -0.2) is 37.6 Å². The molecule has 2 aromatic rings. The molecule has 1 atom stereocenters. The highest BCUT2D eigenvalue weighted by atomic mass is 32.2. The van der Waals surface area contributed by atoms with Gasteiger partial charge >= 0.3 is 0 Å². The van der Waals surface area contributed by atoms with Gasteiger partial charge in [-0.25, -0.2) is 8.42 Å². The molecular formula is C20H18N2O4S. The molecule has 0 unspecified atom stereocenters. The molecule has 1 heterocycles. The van der Waals surface area contributed by atoms with Crippen molar-refractivity contribution < 1.29 is 17.9 Å². The summed E-state index contributed by atoms with van der Waals surface area (Å²) in [6.07, 6.45) is 1.53. The van der Waals surface area contributed by atoms with Crippen LogP contribution < -0.4 is 4.74 Å². The first-order chi connectivity index (χ1) is 13.0. The van der Waals surface area contributed by atoms with Crippen LogP contribution >= 0.6 is 0 Å². The largest absolute Gasteiger partial charge is 0.484 e. The summed E-state index contributed by atoms with van der Waals surface area (Å²) in [7, 11) is -3.29. The van der Waals surface area contributed by atoms with E-state index >= 15 is 0 Å². The molecule has 7 heteroatoms. The van der Waals surface area contributed by atoms with Gasteiger partial charge in [0.15, 0.2) is 16.4 Å². The van der Waals surface area contributed by atoms with E-state index in [2.05, 4.69) is 0 Å². The van der Waals surface area contributed by atoms with Crippen LogP contribution in [0.3, 0.4) is 0 Å². The summed E-state index contributed by atoms with van der Waals surface area (Å²) in [6.45, 7) is 0.0396. The van der Waals surface area contributed by atoms with Crippen molar-refractivity contribution in [3.63, 3.8) is 0 Å². The number of carbonyl (C=O) groups is 1. The van der Waals surface area contributed by atoms with Crippen LogP contribution in [-0.2, 0) is 21.2 Å². The Morgan fingerprint density at radius 3 is 2.63 bits per heavy atom. The van der Waals surface area contributed by atoms with Gasteiger partial charge in [0, 0.05) is 12.0 Å². The summed E-state index contributed by atoms with van der Waals surface area (Å²) in [5.41, 5.74) is 1.33. The van der Waals surface area contributed by atoms with Crippen LogP contribution in [0.4, 0.5) is 0 Å². The maximum atomic E-state index is 12.8. The lowest BCUT2D eigenvalue weighted by molar-refractivity contribution is -0.135. The maximum Gasteiger partial charge on any atom is 0.261 e. The van der Waals surface area contributed by atoms with Crippen LogP contribution in [0.25, 0.3) is 0 Å². The van der Waals surface area contributed by atoms with Crippen molar-refractivity contribution in [1.29, 1.82) is 5.26 Å². The highest BCUT2D eigenvalue weighted by Gasteiger charge is 2.30. The Morgan fingerprint density at radius 2 is 1.96 bits per heavy atom. The van der Waals surface area contributed by atoms with Crippen LogP contribution in [0.5, 0.6) is 5.75 Å². The molecule has 2 aromatic carbocycles. The molecule has 138 valence electrons. The first-order valence-electron chi connectivity index (χ1n) is 8.34. The molecule has 0 aliphatic carbocycles. The Hall–Kier alpha value is -3.11. The van der Waals surface area contributed by atoms with Gasteiger partial charge in [-0.2, -0.15) is 5.26 Å². The molecule has 0 N–H and O–H groups in total. The zero-order valence-corrected chi connectivity index (χ0v) is 15.3. The number of amides is 1. The zero-order valence-electron chi connectivity index (χ0n) is 14.5. The number of hydrogen-bond acceptors (Lipinski definition) is 5. The van der Waals surface area contributed by atoms with E-state index in [1.807, 2.05) is 36.4 Å². The summed E-state index contributed by atoms with van der Waals surface area (Å²) >= 11 is 0. The number of nitriles is 1. The first-order valence-corrected chi connectivity index (χ1v) is 10.1. The van der Waals surface area contributed by atoms with Gasteiger partial charge in [0.2, 0.25) is 0 Å². The second kappa shape index (κ2) is 8.06. The van der Waals surface area contributed by atoms with E-state index in [-0.39, 0.29) is 24.8 Å². The van der Waals surface area contributed by atoms with Crippen molar-refractivity contribution >= 4 is 15.7 Å². The minimum Gasteiger partial charge on any atom is -0.484 e. The predicted octanol–water partition coefficient (Wildman–Crippen LogP) is 2.28.